The van der Waals surface area contributed by atoms with E-state index in [1.54, 1.807) is 20.3 Å². The molecule has 0 aromatic heterocycles. The van der Waals surface area contributed by atoms with Crippen LogP contribution in [-0.4, -0.2) is 43.4 Å². The number of aliphatic hydroxyl groups excluding tert-OH is 1. The Hall–Kier alpha value is -0.970. The number of nitrogens with zero attached hydrogens (tertiary/aromatic N) is 1. The molecule has 1 N–H and O–H groups in total. The summed E-state index contributed by atoms with van der Waals surface area (Å²) in [6, 6.07) is 3.70. The Balaban J connectivity index is 1.78. The highest BCUT2D eigenvalue weighted by molar-refractivity contribution is 6.30. The summed E-state index contributed by atoms with van der Waals surface area (Å²) in [7, 11) is 3.26. The van der Waals surface area contributed by atoms with Gasteiger partial charge in [-0.2, -0.15) is 0 Å². The standard InChI is InChI=1S/C15H20ClNO3/c1-19-14-5-11(16)3-10(15(14)20-2)7-17-6-9-4-13(18)12(9)8-17/h3,5,9,12-13,18H,4,6-8H2,1-2H3/t9-,12+,13-/m1/s1. The van der Waals surface area contributed by atoms with Crippen molar-refractivity contribution in [2.75, 3.05) is 27.3 Å². The summed E-state index contributed by atoms with van der Waals surface area (Å²) in [5.74, 6) is 2.51. The first-order chi connectivity index (χ1) is 9.62. The molecule has 1 aromatic rings. The first kappa shape index (κ1) is 14.0. The molecule has 1 aromatic carbocycles. The molecule has 1 heterocycles. The molecule has 0 spiro atoms. The summed E-state index contributed by atoms with van der Waals surface area (Å²) in [5, 5.41) is 10.4. The van der Waals surface area contributed by atoms with Crippen molar-refractivity contribution in [3.05, 3.63) is 22.7 Å². The van der Waals surface area contributed by atoms with Gasteiger partial charge >= 0.3 is 0 Å². The van der Waals surface area contributed by atoms with Crippen molar-refractivity contribution in [1.82, 2.24) is 4.90 Å². The van der Waals surface area contributed by atoms with Crippen LogP contribution >= 0.6 is 11.6 Å². The van der Waals surface area contributed by atoms with Gasteiger partial charge in [-0.1, -0.05) is 11.6 Å². The molecule has 3 atom stereocenters. The van der Waals surface area contributed by atoms with Crippen LogP contribution in [0.4, 0.5) is 0 Å². The number of fused-ring (bicyclic) bond motifs is 1. The summed E-state index contributed by atoms with van der Waals surface area (Å²) in [5.41, 5.74) is 1.03. The van der Waals surface area contributed by atoms with E-state index >= 15 is 0 Å². The van der Waals surface area contributed by atoms with Gasteiger partial charge in [-0.15, -0.1) is 0 Å². The molecule has 5 heteroatoms. The van der Waals surface area contributed by atoms with Crippen LogP contribution in [0, 0.1) is 11.8 Å². The van der Waals surface area contributed by atoms with E-state index in [0.717, 1.165) is 37.4 Å². The summed E-state index contributed by atoms with van der Waals surface area (Å²) < 4.78 is 10.8. The van der Waals surface area contributed by atoms with Crippen LogP contribution < -0.4 is 9.47 Å². The fourth-order valence-electron chi connectivity index (χ4n) is 3.46. The zero-order valence-electron chi connectivity index (χ0n) is 11.8. The maximum absolute atomic E-state index is 9.74. The minimum absolute atomic E-state index is 0.110. The maximum Gasteiger partial charge on any atom is 0.165 e. The normalized spacial score (nSPS) is 28.9. The largest absolute Gasteiger partial charge is 0.493 e. The molecule has 4 nitrogen and oxygen atoms in total. The van der Waals surface area contributed by atoms with E-state index in [1.165, 1.54) is 0 Å². The van der Waals surface area contributed by atoms with Gasteiger partial charge in [0.2, 0.25) is 0 Å². The molecular formula is C15H20ClNO3. The SMILES string of the molecule is COc1cc(Cl)cc(CN2C[C@H]3C[C@@H](O)[C@H]3C2)c1OC. The zero-order chi connectivity index (χ0) is 14.3. The van der Waals surface area contributed by atoms with Gasteiger partial charge in [0.25, 0.3) is 0 Å². The van der Waals surface area contributed by atoms with Crippen LogP contribution in [0.1, 0.15) is 12.0 Å². The average molecular weight is 298 g/mol. The van der Waals surface area contributed by atoms with E-state index in [4.69, 9.17) is 21.1 Å². The van der Waals surface area contributed by atoms with Crippen LogP contribution in [0.2, 0.25) is 5.02 Å². The predicted octanol–water partition coefficient (Wildman–Crippen LogP) is 2.17. The summed E-state index contributed by atoms with van der Waals surface area (Å²) in [4.78, 5) is 2.36. The second kappa shape index (κ2) is 5.43. The Bertz CT molecular complexity index is 508. The molecule has 2 aliphatic rings. The monoisotopic (exact) mass is 297 g/mol. The van der Waals surface area contributed by atoms with Gasteiger partial charge in [0, 0.05) is 42.2 Å². The third kappa shape index (κ3) is 2.36. The Kier molecular flexibility index (Phi) is 3.80. The smallest absolute Gasteiger partial charge is 0.165 e. The van der Waals surface area contributed by atoms with Gasteiger partial charge in [0.1, 0.15) is 0 Å². The van der Waals surface area contributed by atoms with E-state index < -0.39 is 0 Å². The number of halogens is 1. The molecule has 0 bridgehead atoms. The second-order valence-corrected chi connectivity index (χ2v) is 6.16. The van der Waals surface area contributed by atoms with Crippen molar-refractivity contribution in [2.45, 2.75) is 19.1 Å². The molecule has 1 saturated carbocycles. The first-order valence-electron chi connectivity index (χ1n) is 6.93. The number of aliphatic hydroxyl groups is 1. The third-order valence-corrected chi connectivity index (χ3v) is 4.74. The van der Waals surface area contributed by atoms with Crippen molar-refractivity contribution in [1.29, 1.82) is 0 Å². The van der Waals surface area contributed by atoms with Crippen molar-refractivity contribution >= 4 is 11.6 Å². The Morgan fingerprint density at radius 2 is 2.10 bits per heavy atom. The molecular weight excluding hydrogens is 278 g/mol. The molecule has 1 aliphatic heterocycles. The minimum Gasteiger partial charge on any atom is -0.493 e. The third-order valence-electron chi connectivity index (χ3n) is 4.52. The lowest BCUT2D eigenvalue weighted by Gasteiger charge is -2.35. The van der Waals surface area contributed by atoms with E-state index in [2.05, 4.69) is 4.90 Å². The number of hydrogen-bond acceptors (Lipinski definition) is 4. The fraction of sp³-hybridized carbons (Fsp3) is 0.600. The van der Waals surface area contributed by atoms with E-state index in [1.807, 2.05) is 6.07 Å². The molecule has 110 valence electrons. The summed E-state index contributed by atoms with van der Waals surface area (Å²) in [6.07, 6.45) is 0.831. The van der Waals surface area contributed by atoms with Gasteiger partial charge in [-0.05, 0) is 18.4 Å². The summed E-state index contributed by atoms with van der Waals surface area (Å²) >= 11 is 6.14. The van der Waals surface area contributed by atoms with E-state index in [9.17, 15) is 5.11 Å². The van der Waals surface area contributed by atoms with Crippen LogP contribution in [0.15, 0.2) is 12.1 Å². The topological polar surface area (TPSA) is 41.9 Å². The molecule has 0 unspecified atom stereocenters. The molecule has 0 amide bonds. The van der Waals surface area contributed by atoms with E-state index in [0.29, 0.717) is 22.6 Å². The highest BCUT2D eigenvalue weighted by Gasteiger charge is 2.46. The number of likely N-dealkylation sites (tertiary alicyclic amines) is 1. The Labute approximate surface area is 124 Å². The molecule has 3 rings (SSSR count). The van der Waals surface area contributed by atoms with E-state index in [-0.39, 0.29) is 6.10 Å². The minimum atomic E-state index is -0.110. The van der Waals surface area contributed by atoms with Crippen LogP contribution in [0.3, 0.4) is 0 Å². The van der Waals surface area contributed by atoms with Crippen LogP contribution in [-0.2, 0) is 6.54 Å². The van der Waals surface area contributed by atoms with Crippen molar-refractivity contribution in [3.8, 4) is 11.5 Å². The highest BCUT2D eigenvalue weighted by Crippen LogP contribution is 2.42. The molecule has 2 fully saturated rings. The van der Waals surface area contributed by atoms with Gasteiger partial charge in [0.05, 0.1) is 20.3 Å². The lowest BCUT2D eigenvalue weighted by atomic mass is 9.74. The number of rotatable bonds is 4. The number of ether oxygens (including phenoxy) is 2. The second-order valence-electron chi connectivity index (χ2n) is 5.72. The quantitative estimate of drug-likeness (QED) is 0.925. The lowest BCUT2D eigenvalue weighted by molar-refractivity contribution is -0.00435. The molecule has 0 radical (unpaired) electrons. The summed E-state index contributed by atoms with van der Waals surface area (Å²) in [6.45, 7) is 2.77. The highest BCUT2D eigenvalue weighted by atomic mass is 35.5. The van der Waals surface area contributed by atoms with Gasteiger partial charge in [-0.3, -0.25) is 4.90 Å². The fourth-order valence-corrected chi connectivity index (χ4v) is 3.69. The molecule has 1 aliphatic carbocycles. The molecule has 20 heavy (non-hydrogen) atoms. The zero-order valence-corrected chi connectivity index (χ0v) is 12.6. The number of hydrogen-bond donors (Lipinski definition) is 1. The van der Waals surface area contributed by atoms with Crippen molar-refractivity contribution in [3.63, 3.8) is 0 Å². The maximum atomic E-state index is 9.74. The van der Waals surface area contributed by atoms with Gasteiger partial charge in [-0.25, -0.2) is 0 Å². The lowest BCUT2D eigenvalue weighted by Crippen LogP contribution is -2.39. The van der Waals surface area contributed by atoms with Crippen molar-refractivity contribution in [2.24, 2.45) is 11.8 Å². The first-order valence-corrected chi connectivity index (χ1v) is 7.31. The van der Waals surface area contributed by atoms with Crippen molar-refractivity contribution < 1.29 is 14.6 Å². The van der Waals surface area contributed by atoms with Gasteiger partial charge in [0.15, 0.2) is 11.5 Å². The average Bonchev–Trinajstić information content (AvgIpc) is 2.74. The Morgan fingerprint density at radius 3 is 2.70 bits per heavy atom. The molecule has 1 saturated heterocycles. The van der Waals surface area contributed by atoms with Crippen LogP contribution in [0.5, 0.6) is 11.5 Å². The Morgan fingerprint density at radius 1 is 1.30 bits per heavy atom. The number of methoxy groups -OCH3 is 2. The number of benzene rings is 1. The van der Waals surface area contributed by atoms with Crippen LogP contribution in [0.25, 0.3) is 0 Å². The van der Waals surface area contributed by atoms with Gasteiger partial charge < -0.3 is 14.6 Å². The predicted molar refractivity (Wildman–Crippen MR) is 77.4 cm³/mol.